The van der Waals surface area contributed by atoms with Crippen LogP contribution in [0, 0.1) is 0 Å². The van der Waals surface area contributed by atoms with E-state index in [2.05, 4.69) is 4.72 Å². The number of nitrogens with zero attached hydrogens (tertiary/aromatic N) is 1. The van der Waals surface area contributed by atoms with E-state index < -0.39 is 12.0 Å². The summed E-state index contributed by atoms with van der Waals surface area (Å²) in [6, 6.07) is 5.03. The van der Waals surface area contributed by atoms with Gasteiger partial charge >= 0.3 is 6.09 Å². The second-order valence-corrected chi connectivity index (χ2v) is 6.94. The second kappa shape index (κ2) is 6.88. The summed E-state index contributed by atoms with van der Waals surface area (Å²) in [4.78, 5) is 22.3. The summed E-state index contributed by atoms with van der Waals surface area (Å²) >= 11 is 13.8. The first kappa shape index (κ1) is 17.7. The van der Waals surface area contributed by atoms with Gasteiger partial charge in [0.05, 0.1) is 29.1 Å². The molecule has 10 heteroatoms. The lowest BCUT2D eigenvalue weighted by atomic mass is 10.1. The molecule has 0 aliphatic carbocycles. The van der Waals surface area contributed by atoms with Gasteiger partial charge in [0.15, 0.2) is 0 Å². The molecule has 1 atom stereocenters. The summed E-state index contributed by atoms with van der Waals surface area (Å²) < 4.78 is 8.04. The van der Waals surface area contributed by atoms with Crippen LogP contribution >= 0.6 is 35.3 Å². The zero-order valence-electron chi connectivity index (χ0n) is 12.1. The molecule has 0 fully saturated rings. The largest absolute Gasteiger partial charge is 0.411 e. The van der Waals surface area contributed by atoms with Gasteiger partial charge in [-0.2, -0.15) is 0 Å². The summed E-state index contributed by atoms with van der Waals surface area (Å²) in [5.74, 6) is -0.316. The van der Waals surface area contributed by atoms with Crippen LogP contribution in [0.15, 0.2) is 24.1 Å². The molecule has 1 unspecified atom stereocenters. The summed E-state index contributed by atoms with van der Waals surface area (Å²) in [5.41, 5.74) is 11.3. The number of carbonyl (C=O) groups excluding carboxylic acids is 2. The number of rotatable bonds is 5. The summed E-state index contributed by atoms with van der Waals surface area (Å²) in [5, 5.41) is 0.761. The number of hydrogen-bond acceptors (Lipinski definition) is 5. The van der Waals surface area contributed by atoms with Crippen LogP contribution in [0.3, 0.4) is 0 Å². The zero-order chi connectivity index (χ0) is 17.2. The molecule has 23 heavy (non-hydrogen) atoms. The molecule has 0 saturated heterocycles. The van der Waals surface area contributed by atoms with Crippen molar-refractivity contribution in [1.82, 2.24) is 4.72 Å². The molecule has 0 aromatic heterocycles. The smallest absolute Gasteiger partial charge is 0.386 e. The third-order valence-corrected chi connectivity index (χ3v) is 4.89. The number of nitrogens with one attached hydrogen (secondary N) is 1. The molecule has 1 aliphatic rings. The Balaban J connectivity index is 2.56. The fraction of sp³-hybridized carbons (Fsp3) is 0.231. The number of carbonyl (C=O) groups is 2. The minimum Gasteiger partial charge on any atom is -0.386 e. The van der Waals surface area contributed by atoms with E-state index in [1.54, 1.807) is 18.2 Å². The Kier molecular flexibility index (Phi) is 5.30. The second-order valence-electron chi connectivity index (χ2n) is 4.93. The van der Waals surface area contributed by atoms with E-state index in [1.165, 1.54) is 12.1 Å². The molecule has 0 radical (unpaired) electrons. The first-order valence-electron chi connectivity index (χ1n) is 6.49. The van der Waals surface area contributed by atoms with Gasteiger partial charge < -0.3 is 16.2 Å². The molecule has 0 spiro atoms. The van der Waals surface area contributed by atoms with Gasteiger partial charge in [0.2, 0.25) is 23.7 Å². The van der Waals surface area contributed by atoms with E-state index in [0.717, 1.165) is 0 Å². The Labute approximate surface area is 147 Å². The normalized spacial score (nSPS) is 20.3. The Morgan fingerprint density at radius 3 is 2.43 bits per heavy atom. The molecule has 124 valence electrons. The molecule has 1 aromatic carbocycles. The minimum absolute atomic E-state index is 0.126. The number of primary amides is 2. The van der Waals surface area contributed by atoms with Crippen molar-refractivity contribution in [3.05, 3.63) is 39.7 Å². The summed E-state index contributed by atoms with van der Waals surface area (Å²) in [6.07, 6.45) is -0.849. The Hall–Kier alpha value is -1.61. The zero-order valence-corrected chi connectivity index (χ0v) is 14.5. The summed E-state index contributed by atoms with van der Waals surface area (Å²) in [7, 11) is 1.81. The van der Waals surface area contributed by atoms with Crippen molar-refractivity contribution in [2.75, 3.05) is 13.6 Å². The lowest BCUT2D eigenvalue weighted by molar-refractivity contribution is -0.691. The lowest BCUT2D eigenvalue weighted by Gasteiger charge is -2.27. The maximum absolute atomic E-state index is 11.1. The fourth-order valence-corrected chi connectivity index (χ4v) is 3.62. The number of halogens is 2. The van der Waals surface area contributed by atoms with Crippen LogP contribution in [0.2, 0.25) is 10.0 Å². The molecular weight excluding hydrogens is 363 g/mol. The summed E-state index contributed by atoms with van der Waals surface area (Å²) in [6.45, 7) is 0.343. The van der Waals surface area contributed by atoms with Crippen molar-refractivity contribution in [1.29, 1.82) is 0 Å². The predicted octanol–water partition coefficient (Wildman–Crippen LogP) is 2.20. The number of quaternary nitrogens is 1. The Morgan fingerprint density at radius 1 is 1.30 bits per heavy atom. The van der Waals surface area contributed by atoms with Gasteiger partial charge in [-0.15, -0.1) is 0 Å². The van der Waals surface area contributed by atoms with E-state index in [0.29, 0.717) is 27.9 Å². The van der Waals surface area contributed by atoms with Crippen molar-refractivity contribution >= 4 is 53.0 Å². The van der Waals surface area contributed by atoms with Crippen LogP contribution in [0.4, 0.5) is 4.79 Å². The van der Waals surface area contributed by atoms with Gasteiger partial charge in [-0.25, -0.2) is 13.4 Å². The average molecular weight is 378 g/mol. The fourth-order valence-electron chi connectivity index (χ4n) is 2.18. The SMILES string of the molecule is C[N+]1(CCC(N)=O)SNC(OC(N)=O)=C1c1c(Cl)cccc1Cl. The number of amides is 2. The molecule has 1 heterocycles. The maximum atomic E-state index is 11.1. The van der Waals surface area contributed by atoms with Crippen LogP contribution in [0.25, 0.3) is 5.70 Å². The molecule has 5 N–H and O–H groups in total. The van der Waals surface area contributed by atoms with E-state index >= 15 is 0 Å². The van der Waals surface area contributed by atoms with Gasteiger partial charge in [-0.05, 0) is 12.1 Å². The van der Waals surface area contributed by atoms with Crippen molar-refractivity contribution in [3.8, 4) is 0 Å². The number of ether oxygens (including phenoxy) is 1. The van der Waals surface area contributed by atoms with Crippen molar-refractivity contribution in [2.45, 2.75) is 6.42 Å². The first-order chi connectivity index (χ1) is 10.7. The van der Waals surface area contributed by atoms with Crippen molar-refractivity contribution in [3.63, 3.8) is 0 Å². The van der Waals surface area contributed by atoms with E-state index in [-0.39, 0.29) is 16.2 Å². The quantitative estimate of drug-likeness (QED) is 0.538. The third-order valence-electron chi connectivity index (χ3n) is 3.22. The molecule has 0 saturated carbocycles. The van der Waals surface area contributed by atoms with Crippen LogP contribution in [-0.4, -0.2) is 29.5 Å². The van der Waals surface area contributed by atoms with E-state index in [4.69, 9.17) is 39.4 Å². The maximum Gasteiger partial charge on any atom is 0.411 e. The highest BCUT2D eigenvalue weighted by atomic mass is 35.5. The highest BCUT2D eigenvalue weighted by molar-refractivity contribution is 7.92. The molecule has 0 bridgehead atoms. The lowest BCUT2D eigenvalue weighted by Crippen LogP contribution is -2.36. The van der Waals surface area contributed by atoms with Gasteiger partial charge in [0.1, 0.15) is 6.54 Å². The molecule has 1 aromatic rings. The molecule has 7 nitrogen and oxygen atoms in total. The molecule has 2 amide bonds. The predicted molar refractivity (Wildman–Crippen MR) is 89.6 cm³/mol. The number of hydrogen-bond donors (Lipinski definition) is 3. The van der Waals surface area contributed by atoms with Gasteiger partial charge in [0, 0.05) is 0 Å². The van der Waals surface area contributed by atoms with Crippen LogP contribution in [-0.2, 0) is 9.53 Å². The molecular formula is C13H15Cl2N4O3S+. The van der Waals surface area contributed by atoms with E-state index in [9.17, 15) is 9.59 Å². The van der Waals surface area contributed by atoms with E-state index in [1.807, 2.05) is 7.05 Å². The highest BCUT2D eigenvalue weighted by Gasteiger charge is 2.44. The van der Waals surface area contributed by atoms with Gasteiger partial charge in [-0.3, -0.25) is 4.79 Å². The topological polar surface area (TPSA) is 107 Å². The van der Waals surface area contributed by atoms with Gasteiger partial charge in [-0.1, -0.05) is 29.3 Å². The van der Waals surface area contributed by atoms with Crippen molar-refractivity contribution < 1.29 is 18.2 Å². The minimum atomic E-state index is -0.975. The van der Waals surface area contributed by atoms with Crippen LogP contribution < -0.4 is 16.2 Å². The molecule has 2 rings (SSSR count). The first-order valence-corrected chi connectivity index (χ1v) is 8.02. The van der Waals surface area contributed by atoms with Crippen molar-refractivity contribution in [2.24, 2.45) is 11.5 Å². The Bertz CT molecular complexity index is 678. The molecule has 1 aliphatic heterocycles. The van der Waals surface area contributed by atoms with Gasteiger partial charge in [0.25, 0.3) is 5.88 Å². The van der Waals surface area contributed by atoms with Crippen LogP contribution in [0.5, 0.6) is 0 Å². The number of nitrogens with two attached hydrogens (primary N) is 2. The monoisotopic (exact) mass is 377 g/mol. The van der Waals surface area contributed by atoms with Crippen LogP contribution in [0.1, 0.15) is 12.0 Å². The third kappa shape index (κ3) is 3.84. The Morgan fingerprint density at radius 2 is 1.91 bits per heavy atom. The average Bonchev–Trinajstić information content (AvgIpc) is 2.75. The highest BCUT2D eigenvalue weighted by Crippen LogP contribution is 2.45. The number of benzene rings is 1. The standard InChI is InChI=1S/C13H14Cl2N4O3S/c1-19(6-5-9(16)20)11(12(18-23-19)22-13(17)21)10-7(14)3-2-4-8(10)15/h2-4,18H,5-6H2,1H3,(H3-,16,17,20,21)/p+1.